The molecule has 0 radical (unpaired) electrons. The largest absolute Gasteiger partial charge is 0.496 e. The summed E-state index contributed by atoms with van der Waals surface area (Å²) in [5, 5.41) is 3.00. The SMILES string of the molecule is COc1cc2cc(NC=O)c(=O)oc2c(C)c1-c1ccncc1. The van der Waals surface area contributed by atoms with Crippen molar-refractivity contribution in [3.63, 3.8) is 0 Å². The van der Waals surface area contributed by atoms with E-state index >= 15 is 0 Å². The summed E-state index contributed by atoms with van der Waals surface area (Å²) in [5.74, 6) is 0.645. The van der Waals surface area contributed by atoms with E-state index in [1.807, 2.05) is 19.1 Å². The molecule has 3 rings (SSSR count). The van der Waals surface area contributed by atoms with Gasteiger partial charge >= 0.3 is 5.63 Å². The van der Waals surface area contributed by atoms with Crippen LogP contribution in [-0.2, 0) is 4.79 Å². The van der Waals surface area contributed by atoms with Crippen molar-refractivity contribution in [2.75, 3.05) is 12.4 Å². The Kier molecular flexibility index (Phi) is 3.80. The number of benzene rings is 1. The molecule has 6 nitrogen and oxygen atoms in total. The molecule has 23 heavy (non-hydrogen) atoms. The van der Waals surface area contributed by atoms with E-state index in [9.17, 15) is 9.59 Å². The van der Waals surface area contributed by atoms with E-state index in [1.165, 1.54) is 0 Å². The van der Waals surface area contributed by atoms with Gasteiger partial charge in [0.1, 0.15) is 17.0 Å². The molecule has 116 valence electrons. The molecule has 0 atom stereocenters. The fourth-order valence-electron chi connectivity index (χ4n) is 2.60. The number of rotatable bonds is 4. The molecule has 0 bridgehead atoms. The van der Waals surface area contributed by atoms with Crippen LogP contribution in [0.25, 0.3) is 22.1 Å². The minimum Gasteiger partial charge on any atom is -0.496 e. The van der Waals surface area contributed by atoms with Gasteiger partial charge in [-0.1, -0.05) is 0 Å². The number of carbonyl (C=O) groups excluding carboxylic acids is 1. The van der Waals surface area contributed by atoms with E-state index in [-0.39, 0.29) is 5.69 Å². The number of aryl methyl sites for hydroxylation is 1. The lowest BCUT2D eigenvalue weighted by Crippen LogP contribution is -2.09. The van der Waals surface area contributed by atoms with E-state index in [2.05, 4.69) is 10.3 Å². The third kappa shape index (κ3) is 2.55. The van der Waals surface area contributed by atoms with Crippen molar-refractivity contribution in [2.24, 2.45) is 0 Å². The summed E-state index contributed by atoms with van der Waals surface area (Å²) in [7, 11) is 1.58. The predicted molar refractivity (Wildman–Crippen MR) is 86.7 cm³/mol. The minimum atomic E-state index is -0.599. The number of anilines is 1. The molecule has 0 aliphatic rings. The second-order valence-electron chi connectivity index (χ2n) is 4.94. The lowest BCUT2D eigenvalue weighted by Gasteiger charge is -2.14. The van der Waals surface area contributed by atoms with Gasteiger partial charge in [0.05, 0.1) is 7.11 Å². The number of aromatic nitrogens is 1. The number of carbonyl (C=O) groups is 1. The lowest BCUT2D eigenvalue weighted by atomic mass is 9.97. The topological polar surface area (TPSA) is 81.4 Å². The number of fused-ring (bicyclic) bond motifs is 1. The number of hydrogen-bond acceptors (Lipinski definition) is 5. The smallest absolute Gasteiger partial charge is 0.360 e. The monoisotopic (exact) mass is 310 g/mol. The number of methoxy groups -OCH3 is 1. The molecule has 0 aliphatic heterocycles. The zero-order chi connectivity index (χ0) is 16.4. The normalized spacial score (nSPS) is 10.5. The maximum Gasteiger partial charge on any atom is 0.360 e. The second kappa shape index (κ2) is 5.92. The Morgan fingerprint density at radius 1 is 1.26 bits per heavy atom. The molecule has 6 heteroatoms. The molecule has 2 heterocycles. The first-order valence-corrected chi connectivity index (χ1v) is 6.91. The van der Waals surface area contributed by atoms with Crippen molar-refractivity contribution >= 4 is 23.1 Å². The van der Waals surface area contributed by atoms with Gasteiger partial charge in [0.25, 0.3) is 0 Å². The van der Waals surface area contributed by atoms with Crippen molar-refractivity contribution in [2.45, 2.75) is 6.92 Å². The highest BCUT2D eigenvalue weighted by molar-refractivity contribution is 5.93. The van der Waals surface area contributed by atoms with Crippen molar-refractivity contribution in [1.29, 1.82) is 0 Å². The molecule has 1 N–H and O–H groups in total. The summed E-state index contributed by atoms with van der Waals surface area (Å²) in [6.45, 7) is 1.86. The number of pyridine rings is 1. The van der Waals surface area contributed by atoms with Crippen LogP contribution in [0.2, 0.25) is 0 Å². The molecular weight excluding hydrogens is 296 g/mol. The van der Waals surface area contributed by atoms with Crippen molar-refractivity contribution < 1.29 is 13.9 Å². The van der Waals surface area contributed by atoms with E-state index in [1.54, 1.807) is 31.6 Å². The molecule has 1 aromatic carbocycles. The Bertz CT molecular complexity index is 933. The summed E-state index contributed by atoms with van der Waals surface area (Å²) in [4.78, 5) is 26.5. The van der Waals surface area contributed by atoms with Gasteiger partial charge in [0.15, 0.2) is 0 Å². The Balaban J connectivity index is 2.34. The highest BCUT2D eigenvalue weighted by Gasteiger charge is 2.16. The fourth-order valence-corrected chi connectivity index (χ4v) is 2.60. The molecule has 1 amide bonds. The number of nitrogens with zero attached hydrogens (tertiary/aromatic N) is 1. The van der Waals surface area contributed by atoms with Gasteiger partial charge in [-0.25, -0.2) is 4.79 Å². The van der Waals surface area contributed by atoms with Crippen LogP contribution in [0.1, 0.15) is 5.56 Å². The van der Waals surface area contributed by atoms with Gasteiger partial charge in [0.2, 0.25) is 6.41 Å². The molecule has 0 saturated carbocycles. The van der Waals surface area contributed by atoms with Gasteiger partial charge in [0, 0.05) is 28.9 Å². The van der Waals surface area contributed by atoms with Crippen LogP contribution in [0.15, 0.2) is 45.9 Å². The van der Waals surface area contributed by atoms with Crippen LogP contribution in [0.4, 0.5) is 5.69 Å². The molecule has 2 aromatic heterocycles. The van der Waals surface area contributed by atoms with Crippen molar-refractivity contribution in [3.05, 3.63) is 52.6 Å². The van der Waals surface area contributed by atoms with Gasteiger partial charge in [-0.15, -0.1) is 0 Å². The highest BCUT2D eigenvalue weighted by Crippen LogP contribution is 2.38. The number of ether oxygens (including phenoxy) is 1. The van der Waals surface area contributed by atoms with Crippen molar-refractivity contribution in [3.8, 4) is 16.9 Å². The van der Waals surface area contributed by atoms with Gasteiger partial charge < -0.3 is 14.5 Å². The molecular formula is C17H14N2O4. The van der Waals surface area contributed by atoms with Crippen LogP contribution in [0.3, 0.4) is 0 Å². The molecule has 0 saturated heterocycles. The van der Waals surface area contributed by atoms with E-state index in [0.717, 1.165) is 16.7 Å². The Hall–Kier alpha value is -3.15. The average molecular weight is 310 g/mol. The Labute approximate surface area is 131 Å². The maximum absolute atomic E-state index is 11.9. The van der Waals surface area contributed by atoms with Crippen LogP contribution in [-0.4, -0.2) is 18.5 Å². The minimum absolute atomic E-state index is 0.0885. The van der Waals surface area contributed by atoms with E-state index < -0.39 is 5.63 Å². The zero-order valence-electron chi connectivity index (χ0n) is 12.6. The summed E-state index contributed by atoms with van der Waals surface area (Å²) >= 11 is 0. The van der Waals surface area contributed by atoms with Crippen LogP contribution >= 0.6 is 0 Å². The Morgan fingerprint density at radius 2 is 2.00 bits per heavy atom. The molecule has 3 aromatic rings. The fraction of sp³-hybridized carbons (Fsp3) is 0.118. The number of nitrogens with one attached hydrogen (secondary N) is 1. The first-order chi connectivity index (χ1) is 11.2. The van der Waals surface area contributed by atoms with Crippen LogP contribution in [0.5, 0.6) is 5.75 Å². The highest BCUT2D eigenvalue weighted by atomic mass is 16.5. The summed E-state index contributed by atoms with van der Waals surface area (Å²) in [6, 6.07) is 7.06. The van der Waals surface area contributed by atoms with Crippen LogP contribution < -0.4 is 15.7 Å². The first kappa shape index (κ1) is 14.8. The van der Waals surface area contributed by atoms with E-state index in [0.29, 0.717) is 23.1 Å². The number of hydrogen-bond donors (Lipinski definition) is 1. The van der Waals surface area contributed by atoms with Gasteiger partial charge in [-0.3, -0.25) is 9.78 Å². The number of amides is 1. The summed E-state index contributed by atoms with van der Waals surface area (Å²) in [5.41, 5.74) is 2.47. The Morgan fingerprint density at radius 3 is 2.65 bits per heavy atom. The van der Waals surface area contributed by atoms with Gasteiger partial charge in [-0.2, -0.15) is 0 Å². The molecule has 0 spiro atoms. The molecule has 0 aliphatic carbocycles. The maximum atomic E-state index is 11.9. The molecule has 0 unspecified atom stereocenters. The molecule has 0 fully saturated rings. The lowest BCUT2D eigenvalue weighted by molar-refractivity contribution is -0.105. The first-order valence-electron chi connectivity index (χ1n) is 6.91. The summed E-state index contributed by atoms with van der Waals surface area (Å²) in [6.07, 6.45) is 3.81. The summed E-state index contributed by atoms with van der Waals surface area (Å²) < 4.78 is 10.9. The third-order valence-electron chi connectivity index (χ3n) is 3.63. The zero-order valence-corrected chi connectivity index (χ0v) is 12.6. The average Bonchev–Trinajstić information content (AvgIpc) is 2.57. The van der Waals surface area contributed by atoms with Gasteiger partial charge in [-0.05, 0) is 36.8 Å². The van der Waals surface area contributed by atoms with Crippen molar-refractivity contribution in [1.82, 2.24) is 4.98 Å². The second-order valence-corrected chi connectivity index (χ2v) is 4.94. The standard InChI is InChI=1S/C17H14N2O4/c1-10-15(11-3-5-18-6-4-11)14(22-2)8-12-7-13(19-9-20)17(21)23-16(10)12/h3-9H,1-2H3,(H,19,20). The van der Waals surface area contributed by atoms with Crippen LogP contribution in [0, 0.1) is 6.92 Å². The van der Waals surface area contributed by atoms with E-state index in [4.69, 9.17) is 9.15 Å². The predicted octanol–water partition coefficient (Wildman–Crippen LogP) is 2.74. The third-order valence-corrected chi connectivity index (χ3v) is 3.63. The quantitative estimate of drug-likeness (QED) is 0.592.